The zero-order chi connectivity index (χ0) is 19.0. The van der Waals surface area contributed by atoms with E-state index in [1.165, 1.54) is 11.3 Å². The Hall–Kier alpha value is -2.63. The lowest BCUT2D eigenvalue weighted by Crippen LogP contribution is -2.11. The molecule has 0 radical (unpaired) electrons. The zero-order valence-corrected chi connectivity index (χ0v) is 16.6. The third kappa shape index (κ3) is 3.36. The molecule has 4 aromatic rings. The summed E-state index contributed by atoms with van der Waals surface area (Å²) in [6.07, 6.45) is 0.869. The Morgan fingerprint density at radius 2 is 1.93 bits per heavy atom. The van der Waals surface area contributed by atoms with Crippen LogP contribution >= 0.6 is 22.9 Å². The van der Waals surface area contributed by atoms with Gasteiger partial charge in [-0.15, -0.1) is 11.3 Å². The van der Waals surface area contributed by atoms with E-state index in [9.17, 15) is 4.79 Å². The molecule has 2 aromatic heterocycles. The van der Waals surface area contributed by atoms with Crippen molar-refractivity contribution in [2.75, 3.05) is 5.32 Å². The van der Waals surface area contributed by atoms with Crippen LogP contribution in [0.25, 0.3) is 21.5 Å². The Morgan fingerprint density at radius 3 is 2.67 bits per heavy atom. The summed E-state index contributed by atoms with van der Waals surface area (Å²) in [4.78, 5) is 14.4. The van der Waals surface area contributed by atoms with Crippen LogP contribution in [0.2, 0.25) is 5.02 Å². The van der Waals surface area contributed by atoms with E-state index in [0.717, 1.165) is 39.1 Å². The molecular weight excluding hydrogens is 378 g/mol. The van der Waals surface area contributed by atoms with Crippen LogP contribution in [0.3, 0.4) is 0 Å². The van der Waals surface area contributed by atoms with Crippen LogP contribution in [0.4, 0.5) is 5.69 Å². The second kappa shape index (κ2) is 7.18. The highest BCUT2D eigenvalue weighted by atomic mass is 35.5. The van der Waals surface area contributed by atoms with Crippen LogP contribution in [0.1, 0.15) is 22.2 Å². The number of nitrogens with one attached hydrogen (secondary N) is 1. The van der Waals surface area contributed by atoms with Crippen molar-refractivity contribution >= 4 is 44.7 Å². The maximum Gasteiger partial charge on any atom is 0.265 e. The third-order valence-electron chi connectivity index (χ3n) is 4.50. The molecular formula is C21H18ClN3OS. The molecule has 136 valence electrons. The number of rotatable bonds is 4. The highest BCUT2D eigenvalue weighted by Crippen LogP contribution is 2.34. The molecule has 0 unspecified atom stereocenters. The molecule has 1 amide bonds. The summed E-state index contributed by atoms with van der Waals surface area (Å²) in [7, 11) is 1.90. The summed E-state index contributed by atoms with van der Waals surface area (Å²) in [5.41, 5.74) is 3.81. The molecule has 2 aromatic carbocycles. The molecule has 2 heterocycles. The van der Waals surface area contributed by atoms with E-state index in [2.05, 4.69) is 17.3 Å². The normalized spacial score (nSPS) is 11.1. The SMILES string of the molecule is CCc1ccccc1NC(=O)c1cc2c(-c3ccc(Cl)cc3)nn(C)c2s1. The van der Waals surface area contributed by atoms with E-state index in [1.54, 1.807) is 0 Å². The highest BCUT2D eigenvalue weighted by Gasteiger charge is 2.18. The molecule has 27 heavy (non-hydrogen) atoms. The van der Waals surface area contributed by atoms with Crippen LogP contribution in [-0.2, 0) is 13.5 Å². The fraction of sp³-hybridized carbons (Fsp3) is 0.143. The van der Waals surface area contributed by atoms with Crippen LogP contribution < -0.4 is 5.32 Å². The largest absolute Gasteiger partial charge is 0.321 e. The van der Waals surface area contributed by atoms with E-state index in [4.69, 9.17) is 11.6 Å². The smallest absolute Gasteiger partial charge is 0.265 e. The van der Waals surface area contributed by atoms with Crippen LogP contribution in [0.5, 0.6) is 0 Å². The van der Waals surface area contributed by atoms with Crippen molar-refractivity contribution in [1.29, 1.82) is 0 Å². The fourth-order valence-corrected chi connectivity index (χ4v) is 4.20. The number of aromatic nitrogens is 2. The van der Waals surface area contributed by atoms with E-state index in [1.807, 2.05) is 66.3 Å². The summed E-state index contributed by atoms with van der Waals surface area (Å²) in [5.74, 6) is -0.0980. The van der Waals surface area contributed by atoms with Crippen LogP contribution in [0, 0.1) is 0 Å². The summed E-state index contributed by atoms with van der Waals surface area (Å²) < 4.78 is 1.82. The quantitative estimate of drug-likeness (QED) is 0.476. The van der Waals surface area contributed by atoms with Gasteiger partial charge in [0.25, 0.3) is 5.91 Å². The molecule has 0 aliphatic rings. The van der Waals surface area contributed by atoms with Gasteiger partial charge >= 0.3 is 0 Å². The van der Waals surface area contributed by atoms with Crippen molar-refractivity contribution in [3.05, 3.63) is 70.1 Å². The Kier molecular flexibility index (Phi) is 4.72. The Labute approximate surface area is 166 Å². The van der Waals surface area contributed by atoms with Gasteiger partial charge in [-0.2, -0.15) is 5.10 Å². The molecule has 0 bridgehead atoms. The van der Waals surface area contributed by atoms with Gasteiger partial charge in [0.2, 0.25) is 0 Å². The number of carbonyl (C=O) groups is 1. The number of anilines is 1. The van der Waals surface area contributed by atoms with Gasteiger partial charge in [0.05, 0.1) is 4.88 Å². The monoisotopic (exact) mass is 395 g/mol. The lowest BCUT2D eigenvalue weighted by Gasteiger charge is -2.08. The molecule has 0 saturated heterocycles. The molecule has 6 heteroatoms. The first kappa shape index (κ1) is 17.8. The van der Waals surface area contributed by atoms with Gasteiger partial charge < -0.3 is 5.32 Å². The number of hydrogen-bond donors (Lipinski definition) is 1. The number of nitrogens with zero attached hydrogens (tertiary/aromatic N) is 2. The lowest BCUT2D eigenvalue weighted by atomic mass is 10.1. The van der Waals surface area contributed by atoms with Gasteiger partial charge in [-0.25, -0.2) is 0 Å². The van der Waals surface area contributed by atoms with Gasteiger partial charge in [0, 0.05) is 28.7 Å². The molecule has 0 spiro atoms. The molecule has 0 aliphatic heterocycles. The molecule has 0 aliphatic carbocycles. The molecule has 0 fully saturated rings. The number of fused-ring (bicyclic) bond motifs is 1. The molecule has 0 atom stereocenters. The first-order valence-electron chi connectivity index (χ1n) is 8.68. The molecule has 4 rings (SSSR count). The number of aryl methyl sites for hydroxylation is 2. The molecule has 4 nitrogen and oxygen atoms in total. The first-order valence-corrected chi connectivity index (χ1v) is 9.88. The van der Waals surface area contributed by atoms with E-state index in [-0.39, 0.29) is 5.91 Å². The zero-order valence-electron chi connectivity index (χ0n) is 15.0. The molecule has 1 N–H and O–H groups in total. The maximum atomic E-state index is 12.8. The van der Waals surface area contributed by atoms with Crippen molar-refractivity contribution in [3.63, 3.8) is 0 Å². The van der Waals surface area contributed by atoms with Gasteiger partial charge in [-0.1, -0.05) is 48.9 Å². The maximum absolute atomic E-state index is 12.8. The van der Waals surface area contributed by atoms with E-state index in [0.29, 0.717) is 9.90 Å². The second-order valence-corrected chi connectivity index (χ2v) is 7.74. The minimum absolute atomic E-state index is 0.0980. The summed E-state index contributed by atoms with van der Waals surface area (Å²) in [6.45, 7) is 2.08. The predicted octanol–water partition coefficient (Wildman–Crippen LogP) is 5.77. The average Bonchev–Trinajstić information content (AvgIpc) is 3.24. The van der Waals surface area contributed by atoms with Crippen LogP contribution in [-0.4, -0.2) is 15.7 Å². The highest BCUT2D eigenvalue weighted by molar-refractivity contribution is 7.20. The van der Waals surface area contributed by atoms with Crippen molar-refractivity contribution in [2.24, 2.45) is 7.05 Å². The minimum Gasteiger partial charge on any atom is -0.321 e. The first-order chi connectivity index (χ1) is 13.1. The number of carbonyl (C=O) groups excluding carboxylic acids is 1. The van der Waals surface area contributed by atoms with Gasteiger partial charge in [0.15, 0.2) is 0 Å². The van der Waals surface area contributed by atoms with E-state index >= 15 is 0 Å². The topological polar surface area (TPSA) is 46.9 Å². The van der Waals surface area contributed by atoms with Crippen molar-refractivity contribution in [3.8, 4) is 11.3 Å². The number of thiophene rings is 1. The number of amides is 1. The summed E-state index contributed by atoms with van der Waals surface area (Å²) in [6, 6.07) is 17.4. The van der Waals surface area contributed by atoms with Gasteiger partial charge in [-0.3, -0.25) is 9.48 Å². The van der Waals surface area contributed by atoms with Crippen molar-refractivity contribution in [2.45, 2.75) is 13.3 Å². The average molecular weight is 396 g/mol. The second-order valence-electron chi connectivity index (χ2n) is 6.27. The van der Waals surface area contributed by atoms with Gasteiger partial charge in [0.1, 0.15) is 10.5 Å². The third-order valence-corrected chi connectivity index (χ3v) is 5.95. The van der Waals surface area contributed by atoms with Gasteiger partial charge in [-0.05, 0) is 36.2 Å². The predicted molar refractivity (Wildman–Crippen MR) is 113 cm³/mol. The summed E-state index contributed by atoms with van der Waals surface area (Å²) in [5, 5.41) is 9.31. The molecule has 0 saturated carbocycles. The standard InChI is InChI=1S/C21H18ClN3OS/c1-3-13-6-4-5-7-17(13)23-20(26)18-12-16-19(24-25(2)21(16)27-18)14-8-10-15(22)11-9-14/h4-12H,3H2,1-2H3,(H,23,26). The van der Waals surface area contributed by atoms with Crippen molar-refractivity contribution in [1.82, 2.24) is 9.78 Å². The number of para-hydroxylation sites is 1. The number of hydrogen-bond acceptors (Lipinski definition) is 3. The Morgan fingerprint density at radius 1 is 1.19 bits per heavy atom. The number of halogens is 1. The summed E-state index contributed by atoms with van der Waals surface area (Å²) >= 11 is 7.44. The Bertz CT molecular complexity index is 1130. The number of benzene rings is 2. The Balaban J connectivity index is 1.70. The minimum atomic E-state index is -0.0980. The lowest BCUT2D eigenvalue weighted by molar-refractivity contribution is 0.103. The fourth-order valence-electron chi connectivity index (χ4n) is 3.11. The van der Waals surface area contributed by atoms with E-state index < -0.39 is 0 Å². The van der Waals surface area contributed by atoms with Crippen LogP contribution in [0.15, 0.2) is 54.6 Å². The van der Waals surface area contributed by atoms with Crippen molar-refractivity contribution < 1.29 is 4.79 Å².